The lowest BCUT2D eigenvalue weighted by molar-refractivity contribution is 0.466. The predicted octanol–water partition coefficient (Wildman–Crippen LogP) is 2.60. The molecule has 1 aromatic heterocycles. The average molecular weight is 214 g/mol. The number of hydrogen-bond acceptors (Lipinski definition) is 2. The van der Waals surface area contributed by atoms with E-state index in [1.54, 1.807) is 6.26 Å². The van der Waals surface area contributed by atoms with Crippen LogP contribution in [0.5, 0.6) is 0 Å². The first-order valence-electron chi connectivity index (χ1n) is 4.79. The molecule has 0 spiro atoms. The molecule has 2 nitrogen and oxygen atoms in total. The molecule has 3 heteroatoms. The van der Waals surface area contributed by atoms with E-state index in [0.717, 1.165) is 18.7 Å². The van der Waals surface area contributed by atoms with Gasteiger partial charge in [-0.25, -0.2) is 0 Å². The summed E-state index contributed by atoms with van der Waals surface area (Å²) in [6.07, 6.45) is 6.59. The van der Waals surface area contributed by atoms with E-state index in [-0.39, 0.29) is 0 Å². The highest BCUT2D eigenvalue weighted by Crippen LogP contribution is 2.03. The summed E-state index contributed by atoms with van der Waals surface area (Å²) >= 11 is 5.50. The highest BCUT2D eigenvalue weighted by atomic mass is 35.5. The van der Waals surface area contributed by atoms with Crippen LogP contribution < -0.4 is 5.32 Å². The normalized spacial score (nSPS) is 13.6. The number of nitrogens with one attached hydrogen (secondary N) is 1. The summed E-state index contributed by atoms with van der Waals surface area (Å²) < 4.78 is 5.25. The van der Waals surface area contributed by atoms with Crippen LogP contribution in [0.4, 0.5) is 0 Å². The third-order valence-electron chi connectivity index (χ3n) is 1.93. The zero-order valence-electron chi connectivity index (χ0n) is 8.37. The fourth-order valence-electron chi connectivity index (χ4n) is 1.22. The molecule has 1 heterocycles. The lowest BCUT2D eigenvalue weighted by Crippen LogP contribution is -2.27. The summed E-state index contributed by atoms with van der Waals surface area (Å²) in [4.78, 5) is 0. The Morgan fingerprint density at radius 2 is 2.43 bits per heavy atom. The molecule has 1 rings (SSSR count). The summed E-state index contributed by atoms with van der Waals surface area (Å²) in [5.74, 6) is 1.60. The highest BCUT2D eigenvalue weighted by Gasteiger charge is 2.02. The third-order valence-corrected chi connectivity index (χ3v) is 2.11. The average Bonchev–Trinajstić information content (AvgIpc) is 2.65. The van der Waals surface area contributed by atoms with Crippen LogP contribution in [0.25, 0.3) is 0 Å². The molecule has 0 saturated carbocycles. The molecular formula is C11H16ClNO. The quantitative estimate of drug-likeness (QED) is 0.581. The van der Waals surface area contributed by atoms with Gasteiger partial charge in [0.05, 0.1) is 6.26 Å². The van der Waals surface area contributed by atoms with Crippen molar-refractivity contribution < 1.29 is 4.42 Å². The SMILES string of the molecule is CC(Cc1ccco1)NC/C=C/CCl. The fraction of sp³-hybridized carbons (Fsp3) is 0.455. The molecular weight excluding hydrogens is 198 g/mol. The summed E-state index contributed by atoms with van der Waals surface area (Å²) in [7, 11) is 0. The second-order valence-electron chi connectivity index (χ2n) is 3.22. The Labute approximate surface area is 89.9 Å². The first-order chi connectivity index (χ1) is 6.83. The molecule has 0 amide bonds. The van der Waals surface area contributed by atoms with Gasteiger partial charge in [-0.3, -0.25) is 0 Å². The minimum absolute atomic E-state index is 0.418. The van der Waals surface area contributed by atoms with E-state index >= 15 is 0 Å². The van der Waals surface area contributed by atoms with Crippen LogP contribution in [0.3, 0.4) is 0 Å². The Hall–Kier alpha value is -0.730. The van der Waals surface area contributed by atoms with Crippen molar-refractivity contribution >= 4 is 11.6 Å². The van der Waals surface area contributed by atoms with Crippen LogP contribution >= 0.6 is 11.6 Å². The molecule has 0 aliphatic rings. The molecule has 0 saturated heterocycles. The zero-order chi connectivity index (χ0) is 10.2. The van der Waals surface area contributed by atoms with Crippen molar-refractivity contribution in [3.05, 3.63) is 36.3 Å². The summed E-state index contributed by atoms with van der Waals surface area (Å²) in [6.45, 7) is 2.99. The van der Waals surface area contributed by atoms with Gasteiger partial charge in [0, 0.05) is 24.9 Å². The molecule has 1 N–H and O–H groups in total. The maximum absolute atomic E-state index is 5.50. The maximum atomic E-state index is 5.50. The second-order valence-corrected chi connectivity index (χ2v) is 3.53. The lowest BCUT2D eigenvalue weighted by Gasteiger charge is -2.09. The first-order valence-corrected chi connectivity index (χ1v) is 5.33. The molecule has 1 atom stereocenters. The van der Waals surface area contributed by atoms with E-state index in [9.17, 15) is 0 Å². The van der Waals surface area contributed by atoms with Gasteiger partial charge in [-0.15, -0.1) is 11.6 Å². The Kier molecular flexibility index (Phi) is 5.42. The van der Waals surface area contributed by atoms with Crippen LogP contribution in [-0.2, 0) is 6.42 Å². The molecule has 0 bridgehead atoms. The van der Waals surface area contributed by atoms with E-state index in [1.165, 1.54) is 0 Å². The Morgan fingerprint density at radius 3 is 3.07 bits per heavy atom. The topological polar surface area (TPSA) is 25.2 Å². The van der Waals surface area contributed by atoms with E-state index in [1.807, 2.05) is 24.3 Å². The Balaban J connectivity index is 2.16. The number of furan rings is 1. The van der Waals surface area contributed by atoms with Gasteiger partial charge in [0.1, 0.15) is 5.76 Å². The van der Waals surface area contributed by atoms with Gasteiger partial charge in [0.25, 0.3) is 0 Å². The molecule has 1 unspecified atom stereocenters. The Bertz CT molecular complexity index is 256. The number of allylic oxidation sites excluding steroid dienone is 1. The molecule has 1 aromatic rings. The standard InChI is InChI=1S/C11H16ClNO/c1-10(13-7-3-2-6-12)9-11-5-4-8-14-11/h2-5,8,10,13H,6-7,9H2,1H3/b3-2+. The number of halogens is 1. The molecule has 0 aliphatic heterocycles. The smallest absolute Gasteiger partial charge is 0.105 e. The maximum Gasteiger partial charge on any atom is 0.105 e. The summed E-state index contributed by atoms with van der Waals surface area (Å²) in [6, 6.07) is 4.32. The monoisotopic (exact) mass is 213 g/mol. The van der Waals surface area contributed by atoms with Gasteiger partial charge in [0.2, 0.25) is 0 Å². The third kappa shape index (κ3) is 4.49. The van der Waals surface area contributed by atoms with Crippen molar-refractivity contribution in [2.75, 3.05) is 12.4 Å². The Morgan fingerprint density at radius 1 is 1.57 bits per heavy atom. The zero-order valence-corrected chi connectivity index (χ0v) is 9.13. The van der Waals surface area contributed by atoms with Gasteiger partial charge in [-0.1, -0.05) is 12.2 Å². The van der Waals surface area contributed by atoms with Gasteiger partial charge < -0.3 is 9.73 Å². The lowest BCUT2D eigenvalue weighted by atomic mass is 10.2. The van der Waals surface area contributed by atoms with Gasteiger partial charge in [0.15, 0.2) is 0 Å². The molecule has 14 heavy (non-hydrogen) atoms. The summed E-state index contributed by atoms with van der Waals surface area (Å²) in [5.41, 5.74) is 0. The van der Waals surface area contributed by atoms with Crippen molar-refractivity contribution in [2.24, 2.45) is 0 Å². The van der Waals surface area contributed by atoms with E-state index in [0.29, 0.717) is 11.9 Å². The van der Waals surface area contributed by atoms with Crippen LogP contribution in [-0.4, -0.2) is 18.5 Å². The largest absolute Gasteiger partial charge is 0.469 e. The number of alkyl halides is 1. The van der Waals surface area contributed by atoms with Crippen molar-refractivity contribution in [1.29, 1.82) is 0 Å². The van der Waals surface area contributed by atoms with E-state index in [2.05, 4.69) is 12.2 Å². The molecule has 78 valence electrons. The van der Waals surface area contributed by atoms with Crippen LogP contribution in [0, 0.1) is 0 Å². The fourth-order valence-corrected chi connectivity index (χ4v) is 1.34. The molecule has 0 aliphatic carbocycles. The molecule has 0 radical (unpaired) electrons. The number of hydrogen-bond donors (Lipinski definition) is 1. The summed E-state index contributed by atoms with van der Waals surface area (Å²) in [5, 5.41) is 3.35. The van der Waals surface area contributed by atoms with E-state index < -0.39 is 0 Å². The van der Waals surface area contributed by atoms with Gasteiger partial charge >= 0.3 is 0 Å². The van der Waals surface area contributed by atoms with E-state index in [4.69, 9.17) is 16.0 Å². The van der Waals surface area contributed by atoms with Crippen molar-refractivity contribution in [1.82, 2.24) is 5.32 Å². The minimum Gasteiger partial charge on any atom is -0.469 e. The van der Waals surface area contributed by atoms with Crippen molar-refractivity contribution in [2.45, 2.75) is 19.4 Å². The van der Waals surface area contributed by atoms with Gasteiger partial charge in [-0.2, -0.15) is 0 Å². The first kappa shape index (κ1) is 11.3. The highest BCUT2D eigenvalue weighted by molar-refractivity contribution is 6.18. The predicted molar refractivity (Wildman–Crippen MR) is 59.7 cm³/mol. The minimum atomic E-state index is 0.418. The van der Waals surface area contributed by atoms with Crippen molar-refractivity contribution in [3.8, 4) is 0 Å². The molecule has 0 fully saturated rings. The van der Waals surface area contributed by atoms with Crippen LogP contribution in [0.2, 0.25) is 0 Å². The van der Waals surface area contributed by atoms with Crippen LogP contribution in [0.15, 0.2) is 35.0 Å². The van der Waals surface area contributed by atoms with Crippen LogP contribution in [0.1, 0.15) is 12.7 Å². The number of rotatable bonds is 6. The van der Waals surface area contributed by atoms with Crippen molar-refractivity contribution in [3.63, 3.8) is 0 Å². The second kappa shape index (κ2) is 6.68. The molecule has 0 aromatic carbocycles. The van der Waals surface area contributed by atoms with Gasteiger partial charge in [-0.05, 0) is 19.1 Å².